The number of sulfonamides is 1. The summed E-state index contributed by atoms with van der Waals surface area (Å²) in [4.78, 5) is 12.2. The Balaban J connectivity index is 1.90. The van der Waals surface area contributed by atoms with Crippen molar-refractivity contribution in [2.45, 2.75) is 51.3 Å². The number of carbonyl (C=O) groups is 1. The van der Waals surface area contributed by atoms with E-state index in [1.165, 1.54) is 22.5 Å². The number of hydrogen-bond acceptors (Lipinski definition) is 3. The van der Waals surface area contributed by atoms with Gasteiger partial charge in [-0.15, -0.1) is 0 Å². The molecule has 0 saturated carbocycles. The first-order valence-electron chi connectivity index (χ1n) is 8.85. The number of rotatable bonds is 7. The first-order chi connectivity index (χ1) is 11.8. The first-order valence-corrected chi connectivity index (χ1v) is 10.5. The highest BCUT2D eigenvalue weighted by Crippen LogP contribution is 2.22. The Hall–Kier alpha value is -1.47. The third kappa shape index (κ3) is 5.51. The number of nitrogens with one attached hydrogen (secondary N) is 1. The van der Waals surface area contributed by atoms with Gasteiger partial charge in [0.25, 0.3) is 0 Å². The molecule has 0 bridgehead atoms. The van der Waals surface area contributed by atoms with Crippen LogP contribution in [0, 0.1) is 11.7 Å². The Kier molecular flexibility index (Phi) is 6.95. The minimum absolute atomic E-state index is 0.00658. The van der Waals surface area contributed by atoms with Crippen LogP contribution in [-0.2, 0) is 20.6 Å². The van der Waals surface area contributed by atoms with E-state index in [4.69, 9.17) is 0 Å². The average molecular weight is 370 g/mol. The number of hydrogen-bond donors (Lipinski definition) is 1. The number of amides is 1. The molecule has 5 nitrogen and oxygen atoms in total. The van der Waals surface area contributed by atoms with Gasteiger partial charge in [0, 0.05) is 30.6 Å². The number of carbonyl (C=O) groups excluding carboxylic acids is 1. The molecular weight excluding hydrogens is 343 g/mol. The van der Waals surface area contributed by atoms with Gasteiger partial charge < -0.3 is 5.32 Å². The maximum atomic E-state index is 13.7. The van der Waals surface area contributed by atoms with Gasteiger partial charge in [-0.25, -0.2) is 17.1 Å². The van der Waals surface area contributed by atoms with E-state index in [-0.39, 0.29) is 29.2 Å². The van der Waals surface area contributed by atoms with Crippen molar-refractivity contribution >= 4 is 15.9 Å². The number of halogens is 1. The van der Waals surface area contributed by atoms with Crippen LogP contribution >= 0.6 is 0 Å². The normalized spacial score (nSPS) is 18.0. The summed E-state index contributed by atoms with van der Waals surface area (Å²) in [7, 11) is -3.58. The highest BCUT2D eigenvalue weighted by molar-refractivity contribution is 7.88. The Labute approximate surface area is 149 Å². The summed E-state index contributed by atoms with van der Waals surface area (Å²) in [5.41, 5.74) is 0.177. The Morgan fingerprint density at radius 3 is 2.56 bits per heavy atom. The zero-order valence-corrected chi connectivity index (χ0v) is 15.7. The molecule has 1 unspecified atom stereocenters. The lowest BCUT2D eigenvalue weighted by molar-refractivity contribution is -0.126. The van der Waals surface area contributed by atoms with E-state index in [0.717, 1.165) is 12.8 Å². The molecular formula is C18H27FN2O3S. The summed E-state index contributed by atoms with van der Waals surface area (Å²) in [6.07, 6.45) is 2.94. The molecule has 1 N–H and O–H groups in total. The van der Waals surface area contributed by atoms with Crippen LogP contribution in [-0.4, -0.2) is 37.8 Å². The minimum Gasteiger partial charge on any atom is -0.353 e. The molecule has 1 atom stereocenters. The predicted molar refractivity (Wildman–Crippen MR) is 95.8 cm³/mol. The summed E-state index contributed by atoms with van der Waals surface area (Å²) in [5, 5.41) is 2.99. The van der Waals surface area contributed by atoms with Gasteiger partial charge in [-0.05, 0) is 32.3 Å². The standard InChI is InChI=1S/C18H27FN2O3S/c1-3-6-14(2)20-18(22)15-9-11-21(12-10-15)25(23,24)13-16-7-4-5-8-17(16)19/h4-5,7-8,14-15H,3,6,9-13H2,1-2H3,(H,20,22). The molecule has 1 aliphatic rings. The van der Waals surface area contributed by atoms with Gasteiger partial charge in [-0.2, -0.15) is 0 Å². The Bertz CT molecular complexity index is 685. The van der Waals surface area contributed by atoms with Crippen molar-refractivity contribution in [2.24, 2.45) is 5.92 Å². The molecule has 1 aromatic rings. The monoisotopic (exact) mass is 370 g/mol. The van der Waals surface area contributed by atoms with Crippen molar-refractivity contribution < 1.29 is 17.6 Å². The molecule has 1 aromatic carbocycles. The molecule has 0 aromatic heterocycles. The zero-order valence-electron chi connectivity index (χ0n) is 14.9. The number of benzene rings is 1. The Morgan fingerprint density at radius 2 is 1.96 bits per heavy atom. The van der Waals surface area contributed by atoms with E-state index >= 15 is 0 Å². The second kappa shape index (κ2) is 8.76. The molecule has 0 spiro atoms. The summed E-state index contributed by atoms with van der Waals surface area (Å²) in [5.74, 6) is -0.999. The van der Waals surface area contributed by atoms with Gasteiger partial charge in [-0.1, -0.05) is 31.5 Å². The first kappa shape index (κ1) is 19.8. The largest absolute Gasteiger partial charge is 0.353 e. The molecule has 1 saturated heterocycles. The van der Waals surface area contributed by atoms with Crippen LogP contribution in [0.2, 0.25) is 0 Å². The lowest BCUT2D eigenvalue weighted by Gasteiger charge is -2.31. The van der Waals surface area contributed by atoms with E-state index in [9.17, 15) is 17.6 Å². The second-order valence-electron chi connectivity index (χ2n) is 6.72. The lowest BCUT2D eigenvalue weighted by Crippen LogP contribution is -2.45. The van der Waals surface area contributed by atoms with E-state index < -0.39 is 15.8 Å². The molecule has 1 amide bonds. The van der Waals surface area contributed by atoms with Gasteiger partial charge >= 0.3 is 0 Å². The van der Waals surface area contributed by atoms with Crippen LogP contribution in [0.3, 0.4) is 0 Å². The van der Waals surface area contributed by atoms with Crippen molar-refractivity contribution in [2.75, 3.05) is 13.1 Å². The second-order valence-corrected chi connectivity index (χ2v) is 8.69. The molecule has 140 valence electrons. The van der Waals surface area contributed by atoms with Gasteiger partial charge in [0.1, 0.15) is 5.82 Å². The van der Waals surface area contributed by atoms with Gasteiger partial charge in [0.15, 0.2) is 0 Å². The summed E-state index contributed by atoms with van der Waals surface area (Å²) in [6, 6.07) is 6.05. The van der Waals surface area contributed by atoms with Crippen LogP contribution in [0.15, 0.2) is 24.3 Å². The molecule has 25 heavy (non-hydrogen) atoms. The third-order valence-corrected chi connectivity index (χ3v) is 6.45. The predicted octanol–water partition coefficient (Wildman–Crippen LogP) is 2.67. The molecule has 1 aliphatic heterocycles. The smallest absolute Gasteiger partial charge is 0.223 e. The molecule has 0 radical (unpaired) electrons. The topological polar surface area (TPSA) is 66.5 Å². The third-order valence-electron chi connectivity index (χ3n) is 4.62. The minimum atomic E-state index is -3.58. The molecule has 7 heteroatoms. The van der Waals surface area contributed by atoms with Crippen molar-refractivity contribution in [1.82, 2.24) is 9.62 Å². The average Bonchev–Trinajstić information content (AvgIpc) is 2.57. The van der Waals surface area contributed by atoms with Gasteiger partial charge in [0.05, 0.1) is 5.75 Å². The lowest BCUT2D eigenvalue weighted by atomic mass is 9.96. The van der Waals surface area contributed by atoms with Crippen LogP contribution in [0.25, 0.3) is 0 Å². The summed E-state index contributed by atoms with van der Waals surface area (Å²) < 4.78 is 40.1. The van der Waals surface area contributed by atoms with Crippen LogP contribution < -0.4 is 5.32 Å². The SMILES string of the molecule is CCCC(C)NC(=O)C1CCN(S(=O)(=O)Cc2ccccc2F)CC1. The fourth-order valence-electron chi connectivity index (χ4n) is 3.17. The fourth-order valence-corrected chi connectivity index (χ4v) is 4.74. The van der Waals surface area contributed by atoms with Gasteiger partial charge in [0.2, 0.25) is 15.9 Å². The van der Waals surface area contributed by atoms with Crippen LogP contribution in [0.5, 0.6) is 0 Å². The highest BCUT2D eigenvalue weighted by Gasteiger charge is 2.31. The summed E-state index contributed by atoms with van der Waals surface area (Å²) in [6.45, 7) is 4.66. The molecule has 1 heterocycles. The number of nitrogens with zero attached hydrogens (tertiary/aromatic N) is 1. The van der Waals surface area contributed by atoms with E-state index in [2.05, 4.69) is 12.2 Å². The molecule has 2 rings (SSSR count). The van der Waals surface area contributed by atoms with Crippen molar-refractivity contribution in [3.8, 4) is 0 Å². The zero-order chi connectivity index (χ0) is 18.4. The molecule has 0 aliphatic carbocycles. The maximum Gasteiger partial charge on any atom is 0.223 e. The summed E-state index contributed by atoms with van der Waals surface area (Å²) >= 11 is 0. The fraction of sp³-hybridized carbons (Fsp3) is 0.611. The quantitative estimate of drug-likeness (QED) is 0.802. The van der Waals surface area contributed by atoms with E-state index in [1.54, 1.807) is 6.07 Å². The van der Waals surface area contributed by atoms with E-state index in [0.29, 0.717) is 25.9 Å². The van der Waals surface area contributed by atoms with Crippen molar-refractivity contribution in [3.05, 3.63) is 35.6 Å². The maximum absolute atomic E-state index is 13.7. The highest BCUT2D eigenvalue weighted by atomic mass is 32.2. The van der Waals surface area contributed by atoms with Crippen LogP contribution in [0.4, 0.5) is 4.39 Å². The Morgan fingerprint density at radius 1 is 1.32 bits per heavy atom. The van der Waals surface area contributed by atoms with Crippen molar-refractivity contribution in [3.63, 3.8) is 0 Å². The molecule has 1 fully saturated rings. The van der Waals surface area contributed by atoms with E-state index in [1.807, 2.05) is 6.92 Å². The number of piperidine rings is 1. The van der Waals surface area contributed by atoms with Crippen LogP contribution in [0.1, 0.15) is 45.1 Å². The van der Waals surface area contributed by atoms with Crippen molar-refractivity contribution in [1.29, 1.82) is 0 Å². The van der Waals surface area contributed by atoms with Gasteiger partial charge in [-0.3, -0.25) is 4.79 Å².